The monoisotopic (exact) mass is 388 g/mol. The largest absolute Gasteiger partial charge is 0.493 e. The van der Waals surface area contributed by atoms with Gasteiger partial charge >= 0.3 is 0 Å². The Hall–Kier alpha value is -3.23. The van der Waals surface area contributed by atoms with E-state index in [1.807, 2.05) is 18.5 Å². The number of benzene rings is 1. The second-order valence-electron chi connectivity index (χ2n) is 6.20. The van der Waals surface area contributed by atoms with Gasteiger partial charge in [-0.15, -0.1) is 0 Å². The number of oxime groups is 1. The van der Waals surface area contributed by atoms with E-state index in [4.69, 9.17) is 19.0 Å². The highest BCUT2D eigenvalue weighted by molar-refractivity contribution is 6.06. The number of carbonyl (C=O) groups excluding carboxylic acids is 1. The van der Waals surface area contributed by atoms with Crippen LogP contribution in [0.4, 0.5) is 5.69 Å². The smallest absolute Gasteiger partial charge is 0.268 e. The van der Waals surface area contributed by atoms with Crippen LogP contribution >= 0.6 is 0 Å². The molecule has 1 aliphatic heterocycles. The molecular formula is C19H24N4O5. The van der Waals surface area contributed by atoms with Crippen molar-refractivity contribution in [3.63, 3.8) is 0 Å². The fraction of sp³-hybridized carbons (Fsp3) is 0.421. The van der Waals surface area contributed by atoms with E-state index in [1.165, 1.54) is 21.3 Å². The van der Waals surface area contributed by atoms with E-state index in [2.05, 4.69) is 15.6 Å². The molecule has 0 bridgehead atoms. The van der Waals surface area contributed by atoms with Crippen molar-refractivity contribution >= 4 is 17.3 Å². The highest BCUT2D eigenvalue weighted by atomic mass is 16.6. The normalized spacial score (nSPS) is 15.6. The van der Waals surface area contributed by atoms with Crippen LogP contribution in [0.3, 0.4) is 0 Å². The number of anilines is 1. The first-order chi connectivity index (χ1) is 13.5. The number of hydrogen-bond donors (Lipinski definition) is 1. The van der Waals surface area contributed by atoms with Gasteiger partial charge in [0, 0.05) is 42.0 Å². The first kappa shape index (κ1) is 19.5. The summed E-state index contributed by atoms with van der Waals surface area (Å²) in [6, 6.07) is 3.32. The molecule has 0 spiro atoms. The first-order valence-corrected chi connectivity index (χ1v) is 8.88. The molecule has 0 aliphatic carbocycles. The van der Waals surface area contributed by atoms with E-state index in [1.54, 1.807) is 18.3 Å². The van der Waals surface area contributed by atoms with E-state index in [-0.39, 0.29) is 5.91 Å². The van der Waals surface area contributed by atoms with Crippen LogP contribution in [0.25, 0.3) is 0 Å². The standard InChI is InChI=1S/C19H24N4O5/c1-6-23-11(2)13(10-20-23)14-9-17(28-22-14)19(24)21-12-7-15(25-3)18(27-5)16(8-12)26-4/h7-8,10,17H,6,9H2,1-5H3,(H,21,24). The third-order valence-corrected chi connectivity index (χ3v) is 4.61. The van der Waals surface area contributed by atoms with E-state index < -0.39 is 6.10 Å². The van der Waals surface area contributed by atoms with Crippen molar-refractivity contribution in [2.24, 2.45) is 5.16 Å². The van der Waals surface area contributed by atoms with Crippen molar-refractivity contribution in [3.05, 3.63) is 29.6 Å². The van der Waals surface area contributed by atoms with Crippen LogP contribution in [-0.4, -0.2) is 48.8 Å². The molecule has 150 valence electrons. The molecule has 2 heterocycles. The van der Waals surface area contributed by atoms with Gasteiger partial charge in [-0.05, 0) is 13.8 Å². The molecule has 9 nitrogen and oxygen atoms in total. The number of nitrogens with zero attached hydrogens (tertiary/aromatic N) is 3. The molecule has 2 aromatic rings. The summed E-state index contributed by atoms with van der Waals surface area (Å²) in [5.74, 6) is 1.04. The van der Waals surface area contributed by atoms with E-state index in [9.17, 15) is 4.79 Å². The summed E-state index contributed by atoms with van der Waals surface area (Å²) in [6.07, 6.45) is 1.39. The Balaban J connectivity index is 1.72. The van der Waals surface area contributed by atoms with Gasteiger partial charge in [0.1, 0.15) is 0 Å². The second kappa shape index (κ2) is 8.20. The van der Waals surface area contributed by atoms with Crippen molar-refractivity contribution in [3.8, 4) is 17.2 Å². The Morgan fingerprint density at radius 2 is 1.93 bits per heavy atom. The molecule has 1 N–H and O–H groups in total. The number of ether oxygens (including phenoxy) is 3. The maximum Gasteiger partial charge on any atom is 0.268 e. The zero-order chi connectivity index (χ0) is 20.3. The summed E-state index contributed by atoms with van der Waals surface area (Å²) in [7, 11) is 4.55. The van der Waals surface area contributed by atoms with Gasteiger partial charge in [-0.1, -0.05) is 5.16 Å². The molecule has 1 aliphatic rings. The number of nitrogens with one attached hydrogen (secondary N) is 1. The number of methoxy groups -OCH3 is 3. The van der Waals surface area contributed by atoms with Crippen LogP contribution in [0.1, 0.15) is 24.6 Å². The highest BCUT2D eigenvalue weighted by Crippen LogP contribution is 2.40. The van der Waals surface area contributed by atoms with Crippen LogP contribution in [0.5, 0.6) is 17.2 Å². The molecule has 0 saturated heterocycles. The fourth-order valence-corrected chi connectivity index (χ4v) is 3.10. The predicted octanol–water partition coefficient (Wildman–Crippen LogP) is 2.37. The summed E-state index contributed by atoms with van der Waals surface area (Å²) in [5.41, 5.74) is 3.11. The van der Waals surface area contributed by atoms with Crippen molar-refractivity contribution in [1.82, 2.24) is 9.78 Å². The number of carbonyl (C=O) groups is 1. The van der Waals surface area contributed by atoms with Crippen LogP contribution in [0.2, 0.25) is 0 Å². The summed E-state index contributed by atoms with van der Waals surface area (Å²) < 4.78 is 17.8. The minimum absolute atomic E-state index is 0.312. The lowest BCUT2D eigenvalue weighted by molar-refractivity contribution is -0.125. The molecule has 9 heteroatoms. The lowest BCUT2D eigenvalue weighted by Gasteiger charge is -2.15. The molecule has 1 atom stereocenters. The SMILES string of the molecule is CCn1ncc(C2=NOC(C(=O)Nc3cc(OC)c(OC)c(OC)c3)C2)c1C. The van der Waals surface area contributed by atoms with Gasteiger partial charge in [0.15, 0.2) is 11.5 Å². The number of aromatic nitrogens is 2. The molecule has 0 fully saturated rings. The molecule has 0 saturated carbocycles. The summed E-state index contributed by atoms with van der Waals surface area (Å²) in [6.45, 7) is 4.76. The van der Waals surface area contributed by atoms with Gasteiger partial charge in [0.25, 0.3) is 5.91 Å². The lowest BCUT2D eigenvalue weighted by atomic mass is 10.1. The molecule has 1 aromatic heterocycles. The van der Waals surface area contributed by atoms with Gasteiger partial charge in [0.05, 0.1) is 33.2 Å². The topological polar surface area (TPSA) is 96.2 Å². The average Bonchev–Trinajstić information content (AvgIpc) is 3.33. The third kappa shape index (κ3) is 3.60. The maximum absolute atomic E-state index is 12.6. The van der Waals surface area contributed by atoms with Crippen molar-refractivity contribution in [2.45, 2.75) is 32.9 Å². The van der Waals surface area contributed by atoms with Gasteiger partial charge < -0.3 is 24.4 Å². The summed E-state index contributed by atoms with van der Waals surface area (Å²) in [4.78, 5) is 18.0. The van der Waals surface area contributed by atoms with Gasteiger partial charge in [0.2, 0.25) is 11.9 Å². The number of rotatable bonds is 7. The molecule has 0 radical (unpaired) electrons. The fourth-order valence-electron chi connectivity index (χ4n) is 3.10. The van der Waals surface area contributed by atoms with Crippen molar-refractivity contribution in [1.29, 1.82) is 0 Å². The number of hydrogen-bond acceptors (Lipinski definition) is 7. The average molecular weight is 388 g/mol. The quantitative estimate of drug-likeness (QED) is 0.782. The van der Waals surface area contributed by atoms with Crippen molar-refractivity contribution < 1.29 is 23.8 Å². The maximum atomic E-state index is 12.6. The number of amides is 1. The van der Waals surface area contributed by atoms with Crippen LogP contribution < -0.4 is 19.5 Å². The minimum atomic E-state index is -0.724. The van der Waals surface area contributed by atoms with Crippen LogP contribution in [-0.2, 0) is 16.2 Å². The first-order valence-electron chi connectivity index (χ1n) is 8.88. The second-order valence-corrected chi connectivity index (χ2v) is 6.20. The third-order valence-electron chi connectivity index (χ3n) is 4.61. The van der Waals surface area contributed by atoms with E-state index >= 15 is 0 Å². The zero-order valence-corrected chi connectivity index (χ0v) is 16.6. The van der Waals surface area contributed by atoms with Gasteiger partial charge in [-0.2, -0.15) is 5.10 Å². The number of aryl methyl sites for hydroxylation is 1. The molecule has 1 amide bonds. The Morgan fingerprint density at radius 1 is 1.25 bits per heavy atom. The molecular weight excluding hydrogens is 364 g/mol. The lowest BCUT2D eigenvalue weighted by Crippen LogP contribution is -2.28. The van der Waals surface area contributed by atoms with Gasteiger partial charge in [-0.3, -0.25) is 9.48 Å². The summed E-state index contributed by atoms with van der Waals surface area (Å²) in [5, 5.41) is 11.2. The molecule has 3 rings (SSSR count). The molecule has 1 aromatic carbocycles. The van der Waals surface area contributed by atoms with E-state index in [0.717, 1.165) is 17.8 Å². The summed E-state index contributed by atoms with van der Waals surface area (Å²) >= 11 is 0. The Kier molecular flexibility index (Phi) is 5.72. The predicted molar refractivity (Wildman–Crippen MR) is 103 cm³/mol. The van der Waals surface area contributed by atoms with Crippen molar-refractivity contribution in [2.75, 3.05) is 26.6 Å². The van der Waals surface area contributed by atoms with Gasteiger partial charge in [-0.25, -0.2) is 0 Å². The van der Waals surface area contributed by atoms with Crippen LogP contribution in [0.15, 0.2) is 23.5 Å². The Labute approximate surface area is 163 Å². The minimum Gasteiger partial charge on any atom is -0.493 e. The van der Waals surface area contributed by atoms with E-state index in [0.29, 0.717) is 35.1 Å². The molecule has 28 heavy (non-hydrogen) atoms. The molecule has 1 unspecified atom stereocenters. The highest BCUT2D eigenvalue weighted by Gasteiger charge is 2.31. The zero-order valence-electron chi connectivity index (χ0n) is 16.6. The Morgan fingerprint density at radius 3 is 2.46 bits per heavy atom. The van der Waals surface area contributed by atoms with Crippen LogP contribution in [0, 0.1) is 6.92 Å². The Bertz CT molecular complexity index is 881.